The third kappa shape index (κ3) is 3.73. The Morgan fingerprint density at radius 2 is 1.83 bits per heavy atom. The summed E-state index contributed by atoms with van der Waals surface area (Å²) in [5.41, 5.74) is 2.00. The molecule has 118 valence electrons. The molecule has 0 unspecified atom stereocenters. The van der Waals surface area contributed by atoms with Crippen molar-refractivity contribution in [3.8, 4) is 6.07 Å². The minimum atomic E-state index is -0.768. The van der Waals surface area contributed by atoms with Crippen LogP contribution in [0, 0.1) is 11.3 Å². The summed E-state index contributed by atoms with van der Waals surface area (Å²) in [4.78, 5) is 2.32. The van der Waals surface area contributed by atoms with Gasteiger partial charge < -0.3 is 5.11 Å². The predicted octanol–water partition coefficient (Wildman–Crippen LogP) is 3.70. The average molecular weight is 327 g/mol. The summed E-state index contributed by atoms with van der Waals surface area (Å²) in [5, 5.41) is 20.5. The van der Waals surface area contributed by atoms with Crippen molar-refractivity contribution in [1.82, 2.24) is 4.90 Å². The Kier molecular flexibility index (Phi) is 4.68. The normalized spacial score (nSPS) is 17.6. The summed E-state index contributed by atoms with van der Waals surface area (Å²) in [7, 11) is 0. The minimum Gasteiger partial charge on any atom is -0.385 e. The topological polar surface area (TPSA) is 47.3 Å². The molecule has 2 aromatic carbocycles. The number of nitrogens with zero attached hydrogens (tertiary/aromatic N) is 2. The van der Waals surface area contributed by atoms with Crippen LogP contribution < -0.4 is 0 Å². The lowest BCUT2D eigenvalue weighted by molar-refractivity contribution is -0.0277. The van der Waals surface area contributed by atoms with Gasteiger partial charge in [0.25, 0.3) is 0 Å². The van der Waals surface area contributed by atoms with Gasteiger partial charge in [0.1, 0.15) is 0 Å². The van der Waals surface area contributed by atoms with Gasteiger partial charge in [-0.2, -0.15) is 5.26 Å². The SMILES string of the molecule is N#Cc1cccc(CN2CCC(O)(c3ccc(Cl)cc3)CC2)c1. The lowest BCUT2D eigenvalue weighted by Gasteiger charge is -2.38. The highest BCUT2D eigenvalue weighted by Gasteiger charge is 2.33. The molecule has 1 fully saturated rings. The molecule has 0 saturated carbocycles. The van der Waals surface area contributed by atoms with E-state index in [4.69, 9.17) is 16.9 Å². The van der Waals surface area contributed by atoms with Gasteiger partial charge in [-0.15, -0.1) is 0 Å². The second kappa shape index (κ2) is 6.72. The third-order valence-electron chi connectivity index (χ3n) is 4.53. The monoisotopic (exact) mass is 326 g/mol. The molecule has 2 aromatic rings. The highest BCUT2D eigenvalue weighted by atomic mass is 35.5. The molecule has 23 heavy (non-hydrogen) atoms. The minimum absolute atomic E-state index is 0.687. The Bertz CT molecular complexity index is 713. The molecule has 3 nitrogen and oxygen atoms in total. The van der Waals surface area contributed by atoms with E-state index in [1.807, 2.05) is 48.5 Å². The molecule has 0 spiro atoms. The molecular weight excluding hydrogens is 308 g/mol. The van der Waals surface area contributed by atoms with Gasteiger partial charge in [-0.05, 0) is 48.2 Å². The van der Waals surface area contributed by atoms with Crippen LogP contribution in [0.15, 0.2) is 48.5 Å². The van der Waals surface area contributed by atoms with Gasteiger partial charge in [-0.25, -0.2) is 0 Å². The van der Waals surface area contributed by atoms with Crippen LogP contribution in [0.5, 0.6) is 0 Å². The van der Waals surface area contributed by atoms with Crippen molar-refractivity contribution in [3.63, 3.8) is 0 Å². The lowest BCUT2D eigenvalue weighted by atomic mass is 9.84. The number of rotatable bonds is 3. The smallest absolute Gasteiger partial charge is 0.0991 e. The Labute approximate surface area is 141 Å². The van der Waals surface area contributed by atoms with Crippen molar-refractivity contribution in [1.29, 1.82) is 5.26 Å². The summed E-state index contributed by atoms with van der Waals surface area (Å²) in [6.45, 7) is 2.47. The second-order valence-corrected chi connectivity index (χ2v) is 6.56. The molecule has 1 aliphatic rings. The summed E-state index contributed by atoms with van der Waals surface area (Å²) < 4.78 is 0. The van der Waals surface area contributed by atoms with Crippen molar-refractivity contribution in [2.45, 2.75) is 25.0 Å². The number of nitriles is 1. The third-order valence-corrected chi connectivity index (χ3v) is 4.78. The molecule has 0 amide bonds. The van der Waals surface area contributed by atoms with Crippen LogP contribution in [-0.2, 0) is 12.1 Å². The van der Waals surface area contributed by atoms with E-state index >= 15 is 0 Å². The van der Waals surface area contributed by atoms with Gasteiger partial charge in [-0.1, -0.05) is 35.9 Å². The van der Waals surface area contributed by atoms with E-state index in [1.165, 1.54) is 0 Å². The molecule has 0 radical (unpaired) electrons. The van der Waals surface area contributed by atoms with E-state index in [2.05, 4.69) is 11.0 Å². The highest BCUT2D eigenvalue weighted by Crippen LogP contribution is 2.33. The summed E-state index contributed by atoms with van der Waals surface area (Å²) in [6.07, 6.45) is 1.40. The molecule has 0 aliphatic carbocycles. The number of benzene rings is 2. The first-order chi connectivity index (χ1) is 11.1. The maximum Gasteiger partial charge on any atom is 0.0991 e. The van der Waals surface area contributed by atoms with Crippen LogP contribution in [0.2, 0.25) is 5.02 Å². The Morgan fingerprint density at radius 1 is 1.13 bits per heavy atom. The number of likely N-dealkylation sites (tertiary alicyclic amines) is 1. The zero-order chi connectivity index (χ0) is 16.3. The molecule has 1 heterocycles. The fourth-order valence-corrected chi connectivity index (χ4v) is 3.25. The van der Waals surface area contributed by atoms with Gasteiger partial charge in [0.15, 0.2) is 0 Å². The molecule has 3 rings (SSSR count). The van der Waals surface area contributed by atoms with Crippen LogP contribution in [0.4, 0.5) is 0 Å². The number of hydrogen-bond donors (Lipinski definition) is 1. The van der Waals surface area contributed by atoms with E-state index in [0.29, 0.717) is 23.4 Å². The van der Waals surface area contributed by atoms with Gasteiger partial charge in [0, 0.05) is 24.7 Å². The molecule has 0 atom stereocenters. The number of halogens is 1. The molecule has 0 aromatic heterocycles. The number of aliphatic hydroxyl groups is 1. The number of hydrogen-bond acceptors (Lipinski definition) is 3. The van der Waals surface area contributed by atoms with Crippen molar-refractivity contribution in [3.05, 3.63) is 70.2 Å². The first-order valence-electron chi connectivity index (χ1n) is 7.79. The summed E-state index contributed by atoms with van der Waals surface area (Å²) >= 11 is 5.92. The van der Waals surface area contributed by atoms with Gasteiger partial charge >= 0.3 is 0 Å². The van der Waals surface area contributed by atoms with E-state index in [0.717, 1.165) is 30.8 Å². The fourth-order valence-electron chi connectivity index (χ4n) is 3.13. The van der Waals surface area contributed by atoms with E-state index < -0.39 is 5.60 Å². The maximum absolute atomic E-state index is 10.9. The quantitative estimate of drug-likeness (QED) is 0.935. The zero-order valence-electron chi connectivity index (χ0n) is 12.9. The first-order valence-corrected chi connectivity index (χ1v) is 8.17. The van der Waals surface area contributed by atoms with Crippen molar-refractivity contribution < 1.29 is 5.11 Å². The molecule has 0 bridgehead atoms. The van der Waals surface area contributed by atoms with E-state index in [1.54, 1.807) is 0 Å². The van der Waals surface area contributed by atoms with Gasteiger partial charge in [0.2, 0.25) is 0 Å². The lowest BCUT2D eigenvalue weighted by Crippen LogP contribution is -2.42. The largest absolute Gasteiger partial charge is 0.385 e. The predicted molar refractivity (Wildman–Crippen MR) is 91.0 cm³/mol. The van der Waals surface area contributed by atoms with E-state index in [9.17, 15) is 5.11 Å². The standard InChI is InChI=1S/C19H19ClN2O/c20-18-6-4-17(5-7-18)19(23)8-10-22(11-9-19)14-16-3-1-2-15(12-16)13-21/h1-7,12,23H,8-11,14H2. The first kappa shape index (κ1) is 16.0. The molecule has 1 aliphatic heterocycles. The Balaban J connectivity index is 1.64. The molecule has 1 N–H and O–H groups in total. The number of piperidine rings is 1. The summed E-state index contributed by atoms with van der Waals surface area (Å²) in [5.74, 6) is 0. The van der Waals surface area contributed by atoms with Crippen LogP contribution in [-0.4, -0.2) is 23.1 Å². The van der Waals surface area contributed by atoms with Crippen LogP contribution >= 0.6 is 11.6 Å². The highest BCUT2D eigenvalue weighted by molar-refractivity contribution is 6.30. The fraction of sp³-hybridized carbons (Fsp3) is 0.316. The van der Waals surface area contributed by atoms with E-state index in [-0.39, 0.29) is 0 Å². The Hall–Kier alpha value is -1.86. The maximum atomic E-state index is 10.9. The van der Waals surface area contributed by atoms with Crippen molar-refractivity contribution in [2.75, 3.05) is 13.1 Å². The average Bonchev–Trinajstić information content (AvgIpc) is 2.58. The Morgan fingerprint density at radius 3 is 2.48 bits per heavy atom. The van der Waals surface area contributed by atoms with Crippen LogP contribution in [0.1, 0.15) is 29.5 Å². The molecular formula is C19H19ClN2O. The second-order valence-electron chi connectivity index (χ2n) is 6.13. The molecule has 4 heteroatoms. The summed E-state index contributed by atoms with van der Waals surface area (Å²) in [6, 6.07) is 17.4. The van der Waals surface area contributed by atoms with Crippen LogP contribution in [0.3, 0.4) is 0 Å². The zero-order valence-corrected chi connectivity index (χ0v) is 13.6. The van der Waals surface area contributed by atoms with Crippen molar-refractivity contribution >= 4 is 11.6 Å². The van der Waals surface area contributed by atoms with Gasteiger partial charge in [-0.3, -0.25) is 4.90 Å². The van der Waals surface area contributed by atoms with Gasteiger partial charge in [0.05, 0.1) is 17.2 Å². The van der Waals surface area contributed by atoms with Crippen molar-refractivity contribution in [2.24, 2.45) is 0 Å². The van der Waals surface area contributed by atoms with Crippen LogP contribution in [0.25, 0.3) is 0 Å². The molecule has 1 saturated heterocycles.